The van der Waals surface area contributed by atoms with Crippen LogP contribution < -0.4 is 10.6 Å². The number of aryl methyl sites for hydroxylation is 2. The van der Waals surface area contributed by atoms with Crippen LogP contribution in [0.25, 0.3) is 0 Å². The van der Waals surface area contributed by atoms with Crippen molar-refractivity contribution >= 4 is 5.97 Å². The number of carboxylic acids is 1. The van der Waals surface area contributed by atoms with Gasteiger partial charge >= 0.3 is 5.97 Å². The molecule has 4 aliphatic heterocycles. The van der Waals surface area contributed by atoms with E-state index in [0.717, 1.165) is 58.2 Å². The van der Waals surface area contributed by atoms with E-state index < -0.39 is 78.2 Å². The maximum absolute atomic E-state index is 13.5. The summed E-state index contributed by atoms with van der Waals surface area (Å²) in [6.45, 7) is 7.36. The number of carboxylic acid groups (broad SMARTS) is 1. The molecule has 11 N–H and O–H groups in total. The number of allylic oxidation sites excluding steroid dienone is 2. The van der Waals surface area contributed by atoms with E-state index in [-0.39, 0.29) is 63.2 Å². The van der Waals surface area contributed by atoms with Gasteiger partial charge in [-0.25, -0.2) is 0 Å². The van der Waals surface area contributed by atoms with E-state index in [1.54, 1.807) is 37.3 Å². The standard InChI is InChI=1S/C58H80N2O10/c1-5-7-13-51(64)52(65)28-23-43-22-21-42-11-8-10-41(6-2)46(42)12-9-30-58(57(4,70)34-39-19-24-44(62)25-20-39)35-40-17-15-38(16-18-40)31-54(67)47-26-14-37(3)59-56(49(47)33-55(68)69)53(66)29-27-50(60-58)48(43)32-45(63)36-61/h8,10-11,15-20,23-25,28,37,45,47,49-54,56,59-67,70H,5-7,13-14,21-22,26-27,29-36H2,1-4H3,(H,68,69). The third-order valence-electron chi connectivity index (χ3n) is 15.6. The molecule has 6 bridgehead atoms. The van der Waals surface area contributed by atoms with Gasteiger partial charge in [0, 0.05) is 36.5 Å². The summed E-state index contributed by atoms with van der Waals surface area (Å²) in [5.41, 5.74) is 3.99. The van der Waals surface area contributed by atoms with Crippen LogP contribution in [0, 0.1) is 23.7 Å². The van der Waals surface area contributed by atoms with Crippen LogP contribution in [0.1, 0.15) is 132 Å². The molecule has 0 aromatic heterocycles. The van der Waals surface area contributed by atoms with E-state index in [1.807, 2.05) is 50.3 Å². The summed E-state index contributed by atoms with van der Waals surface area (Å²) in [4.78, 5) is 12.7. The molecule has 0 aliphatic carbocycles. The van der Waals surface area contributed by atoms with Gasteiger partial charge in [-0.05, 0) is 147 Å². The molecule has 4 aliphatic rings. The highest BCUT2D eigenvalue weighted by Crippen LogP contribution is 2.40. The molecule has 12 heteroatoms. The number of aliphatic hydroxyl groups is 7. The molecule has 70 heavy (non-hydrogen) atoms. The molecular weight excluding hydrogens is 885 g/mol. The average molecular weight is 965 g/mol. The molecule has 382 valence electrons. The first kappa shape index (κ1) is 54.9. The number of aliphatic hydroxyl groups excluding tert-OH is 6. The Bertz CT molecular complexity index is 2280. The second kappa shape index (κ2) is 25.3. The van der Waals surface area contributed by atoms with Gasteiger partial charge in [-0.2, -0.15) is 0 Å². The third-order valence-corrected chi connectivity index (χ3v) is 15.6. The first-order valence-corrected chi connectivity index (χ1v) is 25.8. The lowest BCUT2D eigenvalue weighted by molar-refractivity contribution is -0.139. The lowest BCUT2D eigenvalue weighted by atomic mass is 9.69. The molecule has 0 amide bonds. The van der Waals surface area contributed by atoms with Crippen molar-refractivity contribution in [3.05, 3.63) is 123 Å². The van der Waals surface area contributed by atoms with Crippen molar-refractivity contribution in [2.75, 3.05) is 6.61 Å². The van der Waals surface area contributed by atoms with Crippen molar-refractivity contribution in [1.29, 1.82) is 0 Å². The Morgan fingerprint density at radius 2 is 1.67 bits per heavy atom. The maximum atomic E-state index is 13.5. The minimum Gasteiger partial charge on any atom is -0.508 e. The Morgan fingerprint density at radius 1 is 0.943 bits per heavy atom. The fourth-order valence-electron chi connectivity index (χ4n) is 11.4. The van der Waals surface area contributed by atoms with Crippen LogP contribution in [0.3, 0.4) is 0 Å². The molecule has 0 spiro atoms. The number of phenolic OH excluding ortho intramolecular Hbond substituents is 1. The van der Waals surface area contributed by atoms with Gasteiger partial charge in [0.2, 0.25) is 0 Å². The molecule has 4 heterocycles. The molecule has 3 aromatic carbocycles. The number of hydrogen-bond donors (Lipinski definition) is 11. The van der Waals surface area contributed by atoms with Gasteiger partial charge in [-0.1, -0.05) is 105 Å². The van der Waals surface area contributed by atoms with E-state index >= 15 is 0 Å². The van der Waals surface area contributed by atoms with Crippen LogP contribution in [0.5, 0.6) is 5.75 Å². The van der Waals surface area contributed by atoms with Crippen molar-refractivity contribution in [2.24, 2.45) is 11.8 Å². The molecule has 7 rings (SSSR count). The number of hydrogen-bond acceptors (Lipinski definition) is 11. The molecule has 0 radical (unpaired) electrons. The Morgan fingerprint density at radius 3 is 2.36 bits per heavy atom. The summed E-state index contributed by atoms with van der Waals surface area (Å²) < 4.78 is 0. The van der Waals surface area contributed by atoms with Crippen molar-refractivity contribution < 1.29 is 50.8 Å². The minimum absolute atomic E-state index is 0.0224. The Balaban J connectivity index is 1.66. The number of unbranched alkanes of at least 4 members (excludes halogenated alkanes) is 1. The fraction of sp³-hybridized carbons (Fsp3) is 0.569. The second-order valence-electron chi connectivity index (χ2n) is 20.8. The zero-order chi connectivity index (χ0) is 50.6. The van der Waals surface area contributed by atoms with Gasteiger partial charge in [0.05, 0.1) is 54.7 Å². The smallest absolute Gasteiger partial charge is 0.303 e. The predicted molar refractivity (Wildman–Crippen MR) is 273 cm³/mol. The number of fused-ring (bicyclic) bond motifs is 6. The highest BCUT2D eigenvalue weighted by Gasteiger charge is 2.49. The van der Waals surface area contributed by atoms with E-state index in [4.69, 9.17) is 0 Å². The molecule has 3 aromatic rings. The number of rotatable bonds is 15. The monoisotopic (exact) mass is 965 g/mol. The largest absolute Gasteiger partial charge is 0.508 e. The van der Waals surface area contributed by atoms with Gasteiger partial charge in [0.15, 0.2) is 0 Å². The van der Waals surface area contributed by atoms with E-state index in [1.165, 1.54) is 0 Å². The number of nitrogens with one attached hydrogen (secondary N) is 2. The summed E-state index contributed by atoms with van der Waals surface area (Å²) in [7, 11) is 0. The topological polar surface area (TPSA) is 223 Å². The number of aliphatic carboxylic acids is 1. The van der Waals surface area contributed by atoms with Gasteiger partial charge in [0.25, 0.3) is 0 Å². The van der Waals surface area contributed by atoms with Crippen molar-refractivity contribution in [2.45, 2.75) is 190 Å². The van der Waals surface area contributed by atoms with E-state index in [2.05, 4.69) is 41.5 Å². The highest BCUT2D eigenvalue weighted by atomic mass is 16.4. The lowest BCUT2D eigenvalue weighted by Gasteiger charge is -2.49. The van der Waals surface area contributed by atoms with Gasteiger partial charge in [-0.3, -0.25) is 4.79 Å². The summed E-state index contributed by atoms with van der Waals surface area (Å²) in [6.07, 6.45) is 3.73. The molecule has 12 atom stereocenters. The first-order chi connectivity index (χ1) is 33.5. The molecular formula is C58H80N2O10. The van der Waals surface area contributed by atoms with E-state index in [0.29, 0.717) is 37.7 Å². The lowest BCUT2D eigenvalue weighted by Crippen LogP contribution is -2.66. The van der Waals surface area contributed by atoms with Gasteiger partial charge < -0.3 is 56.6 Å². The predicted octanol–water partition coefficient (Wildman–Crippen LogP) is 5.99. The molecule has 1 fully saturated rings. The van der Waals surface area contributed by atoms with Crippen LogP contribution in [-0.4, -0.2) is 118 Å². The van der Waals surface area contributed by atoms with Crippen LogP contribution >= 0.6 is 0 Å². The Hall–Kier alpha value is -4.39. The number of phenols is 1. The van der Waals surface area contributed by atoms with Crippen molar-refractivity contribution in [3.63, 3.8) is 0 Å². The Kier molecular flexibility index (Phi) is 19.9. The van der Waals surface area contributed by atoms with Crippen molar-refractivity contribution in [3.8, 4) is 17.6 Å². The van der Waals surface area contributed by atoms with Gasteiger partial charge in [-0.15, -0.1) is 0 Å². The van der Waals surface area contributed by atoms with Gasteiger partial charge in [0.1, 0.15) is 5.75 Å². The molecule has 0 saturated carbocycles. The summed E-state index contributed by atoms with van der Waals surface area (Å²) in [5.74, 6) is 5.14. The SMILES string of the molecule is CCCCC(O)C(O)C=CC1=C(CC(O)CO)C2CCC(O)C3NC(C)CCC(C(O)Cc4ccc(cc4)CC(C(C)(O)Cc4ccc(O)cc4)(CC#Cc4c(CC)cccc4CC1)N2)C3CC(=O)O. The quantitative estimate of drug-likeness (QED) is 0.0792. The second-order valence-corrected chi connectivity index (χ2v) is 20.8. The number of benzene rings is 3. The van der Waals surface area contributed by atoms with Crippen LogP contribution in [0.4, 0.5) is 0 Å². The third kappa shape index (κ3) is 14.2. The number of carbonyl (C=O) groups is 1. The average Bonchev–Trinajstić information content (AvgIpc) is 3.49. The number of aromatic hydroxyl groups is 1. The maximum Gasteiger partial charge on any atom is 0.303 e. The zero-order valence-electron chi connectivity index (χ0n) is 41.7. The van der Waals surface area contributed by atoms with Crippen LogP contribution in [0.2, 0.25) is 0 Å². The van der Waals surface area contributed by atoms with E-state index in [9.17, 15) is 50.8 Å². The zero-order valence-corrected chi connectivity index (χ0v) is 41.7. The van der Waals surface area contributed by atoms with Crippen molar-refractivity contribution in [1.82, 2.24) is 10.6 Å². The van der Waals surface area contributed by atoms with Crippen LogP contribution in [-0.2, 0) is 36.9 Å². The molecule has 1 saturated heterocycles. The molecule has 12 nitrogen and oxygen atoms in total. The Labute approximate surface area is 415 Å². The minimum atomic E-state index is -1.60. The first-order valence-electron chi connectivity index (χ1n) is 25.8. The van der Waals surface area contributed by atoms with Crippen LogP contribution in [0.15, 0.2) is 90.0 Å². The normalized spacial score (nSPS) is 28.0. The molecule has 12 unspecified atom stereocenters. The highest BCUT2D eigenvalue weighted by molar-refractivity contribution is 5.67. The summed E-state index contributed by atoms with van der Waals surface area (Å²) >= 11 is 0. The fourth-order valence-corrected chi connectivity index (χ4v) is 11.4. The summed E-state index contributed by atoms with van der Waals surface area (Å²) in [5, 5.41) is 111. The summed E-state index contributed by atoms with van der Waals surface area (Å²) in [6, 6.07) is 19.3.